The van der Waals surface area contributed by atoms with Gasteiger partial charge < -0.3 is 4.57 Å². The Morgan fingerprint density at radius 2 is 2.25 bits per heavy atom. The van der Waals surface area contributed by atoms with Gasteiger partial charge in [0.2, 0.25) is 10.0 Å². The Labute approximate surface area is 99.3 Å². The van der Waals surface area contributed by atoms with Crippen molar-refractivity contribution in [1.29, 1.82) is 0 Å². The molecule has 0 saturated heterocycles. The van der Waals surface area contributed by atoms with Crippen LogP contribution >= 0.6 is 11.6 Å². The molecule has 0 aromatic carbocycles. The van der Waals surface area contributed by atoms with E-state index in [1.165, 1.54) is 4.31 Å². The molecule has 0 N–H and O–H groups in total. The second-order valence-corrected chi connectivity index (χ2v) is 6.10. The molecule has 0 saturated carbocycles. The molecular weight excluding hydrogens is 252 g/mol. The number of rotatable bonds is 4. The number of sulfonamides is 1. The minimum Gasteiger partial charge on any atom is -0.315 e. The molecule has 0 amide bonds. The van der Waals surface area contributed by atoms with Crippen LogP contribution < -0.4 is 0 Å². The van der Waals surface area contributed by atoms with E-state index in [-0.39, 0.29) is 5.75 Å². The molecule has 1 aliphatic heterocycles. The first-order valence-electron chi connectivity index (χ1n) is 5.04. The largest absolute Gasteiger partial charge is 0.315 e. The summed E-state index contributed by atoms with van der Waals surface area (Å²) >= 11 is 5.50. The minimum absolute atomic E-state index is 0.102. The van der Waals surface area contributed by atoms with Gasteiger partial charge in [-0.3, -0.25) is 0 Å². The number of hydrogen-bond acceptors (Lipinski definition) is 4. The van der Waals surface area contributed by atoms with E-state index in [1.54, 1.807) is 6.33 Å². The molecule has 90 valence electrons. The van der Waals surface area contributed by atoms with Crippen molar-refractivity contribution < 1.29 is 8.42 Å². The van der Waals surface area contributed by atoms with Crippen LogP contribution in [0.2, 0.25) is 0 Å². The Balaban J connectivity index is 2.08. The standard InChI is InChI=1S/C8H13ClN4O2S/c9-2-1-5-16(14,15)13-4-3-12-7-10-11-8(12)6-13/h7H,1-6H2. The molecule has 0 radical (unpaired) electrons. The number of aromatic nitrogens is 3. The SMILES string of the molecule is O=S(=O)(CCCCl)N1CCn2cnnc2C1. The van der Waals surface area contributed by atoms with Crippen LogP contribution in [0.15, 0.2) is 6.33 Å². The lowest BCUT2D eigenvalue weighted by Crippen LogP contribution is -2.39. The summed E-state index contributed by atoms with van der Waals surface area (Å²) < 4.78 is 27.1. The van der Waals surface area contributed by atoms with Gasteiger partial charge in [-0.15, -0.1) is 21.8 Å². The average Bonchev–Trinajstić information content (AvgIpc) is 2.73. The molecule has 0 bridgehead atoms. The third-order valence-electron chi connectivity index (χ3n) is 2.53. The van der Waals surface area contributed by atoms with E-state index in [4.69, 9.17) is 11.6 Å². The second kappa shape index (κ2) is 4.68. The van der Waals surface area contributed by atoms with Crippen LogP contribution in [0.3, 0.4) is 0 Å². The maximum Gasteiger partial charge on any atom is 0.214 e. The van der Waals surface area contributed by atoms with Crippen LogP contribution in [0.25, 0.3) is 0 Å². The Hall–Kier alpha value is -0.660. The fourth-order valence-corrected chi connectivity index (χ4v) is 3.38. The second-order valence-electron chi connectivity index (χ2n) is 3.63. The summed E-state index contributed by atoms with van der Waals surface area (Å²) in [6.45, 7) is 1.41. The Morgan fingerprint density at radius 3 is 3.00 bits per heavy atom. The normalized spacial score (nSPS) is 17.3. The average molecular weight is 265 g/mol. The smallest absolute Gasteiger partial charge is 0.214 e. The van der Waals surface area contributed by atoms with E-state index < -0.39 is 10.0 Å². The number of fused-ring (bicyclic) bond motifs is 1. The highest BCUT2D eigenvalue weighted by molar-refractivity contribution is 7.89. The summed E-state index contributed by atoms with van der Waals surface area (Å²) in [4.78, 5) is 0. The van der Waals surface area contributed by atoms with E-state index in [0.717, 1.165) is 0 Å². The van der Waals surface area contributed by atoms with Gasteiger partial charge >= 0.3 is 0 Å². The van der Waals surface area contributed by atoms with Gasteiger partial charge in [0, 0.05) is 19.0 Å². The van der Waals surface area contributed by atoms with Crippen molar-refractivity contribution in [3.8, 4) is 0 Å². The monoisotopic (exact) mass is 264 g/mol. The van der Waals surface area contributed by atoms with Crippen molar-refractivity contribution >= 4 is 21.6 Å². The lowest BCUT2D eigenvalue weighted by atomic mass is 10.4. The van der Waals surface area contributed by atoms with E-state index in [2.05, 4.69) is 10.2 Å². The molecule has 16 heavy (non-hydrogen) atoms. The van der Waals surface area contributed by atoms with E-state index in [0.29, 0.717) is 37.8 Å². The number of nitrogens with zero attached hydrogens (tertiary/aromatic N) is 4. The van der Waals surface area contributed by atoms with Crippen LogP contribution in [-0.4, -0.2) is 45.7 Å². The predicted octanol–water partition coefficient (Wildman–Crippen LogP) is 0.0524. The molecule has 0 fully saturated rings. The van der Waals surface area contributed by atoms with Gasteiger partial charge in [-0.25, -0.2) is 8.42 Å². The third-order valence-corrected chi connectivity index (χ3v) is 4.70. The maximum absolute atomic E-state index is 11.9. The molecule has 8 heteroatoms. The molecule has 1 aliphatic rings. The Kier molecular flexibility index (Phi) is 3.46. The topological polar surface area (TPSA) is 68.1 Å². The van der Waals surface area contributed by atoms with Gasteiger partial charge in [0.25, 0.3) is 0 Å². The lowest BCUT2D eigenvalue weighted by Gasteiger charge is -2.26. The summed E-state index contributed by atoms with van der Waals surface area (Å²) in [5, 5.41) is 7.63. The van der Waals surface area contributed by atoms with Gasteiger partial charge in [0.05, 0.1) is 12.3 Å². The van der Waals surface area contributed by atoms with Crippen LogP contribution in [0.4, 0.5) is 0 Å². The number of halogens is 1. The quantitative estimate of drug-likeness (QED) is 0.721. The summed E-state index contributed by atoms with van der Waals surface area (Å²) in [5.74, 6) is 1.16. The van der Waals surface area contributed by atoms with Crippen LogP contribution in [0, 0.1) is 0 Å². The molecule has 0 aliphatic carbocycles. The highest BCUT2D eigenvalue weighted by atomic mass is 35.5. The van der Waals surface area contributed by atoms with Gasteiger partial charge in [-0.1, -0.05) is 0 Å². The highest BCUT2D eigenvalue weighted by Gasteiger charge is 2.26. The van der Waals surface area contributed by atoms with Crippen molar-refractivity contribution in [1.82, 2.24) is 19.1 Å². The van der Waals surface area contributed by atoms with Crippen LogP contribution in [0.5, 0.6) is 0 Å². The van der Waals surface area contributed by atoms with Crippen LogP contribution in [-0.2, 0) is 23.1 Å². The first kappa shape index (κ1) is 11.8. The molecule has 0 spiro atoms. The van der Waals surface area contributed by atoms with Crippen LogP contribution in [0.1, 0.15) is 12.2 Å². The molecule has 2 rings (SSSR count). The summed E-state index contributed by atoms with van der Waals surface area (Å²) in [6.07, 6.45) is 2.10. The van der Waals surface area contributed by atoms with Gasteiger partial charge in [-0.05, 0) is 6.42 Å². The molecular formula is C8H13ClN4O2S. The summed E-state index contributed by atoms with van der Waals surface area (Å²) in [6, 6.07) is 0. The van der Waals surface area contributed by atoms with Gasteiger partial charge in [0.15, 0.2) is 0 Å². The zero-order valence-electron chi connectivity index (χ0n) is 8.71. The molecule has 2 heterocycles. The zero-order valence-corrected chi connectivity index (χ0v) is 10.3. The first-order valence-corrected chi connectivity index (χ1v) is 7.18. The first-order chi connectivity index (χ1) is 7.63. The number of hydrogen-bond donors (Lipinski definition) is 0. The number of alkyl halides is 1. The van der Waals surface area contributed by atoms with Gasteiger partial charge in [-0.2, -0.15) is 4.31 Å². The minimum atomic E-state index is -3.20. The van der Waals surface area contributed by atoms with Crippen molar-refractivity contribution in [2.75, 3.05) is 18.2 Å². The Bertz CT molecular complexity index is 458. The van der Waals surface area contributed by atoms with Crippen molar-refractivity contribution in [3.63, 3.8) is 0 Å². The van der Waals surface area contributed by atoms with Crippen molar-refractivity contribution in [2.45, 2.75) is 19.5 Å². The summed E-state index contributed by atoms with van der Waals surface area (Å²) in [7, 11) is -3.20. The Morgan fingerprint density at radius 1 is 1.44 bits per heavy atom. The fraction of sp³-hybridized carbons (Fsp3) is 0.750. The third kappa shape index (κ3) is 2.36. The lowest BCUT2D eigenvalue weighted by molar-refractivity contribution is 0.335. The zero-order chi connectivity index (χ0) is 11.6. The summed E-state index contributed by atoms with van der Waals surface area (Å²) in [5.41, 5.74) is 0. The molecule has 1 aromatic heterocycles. The highest BCUT2D eigenvalue weighted by Crippen LogP contribution is 2.14. The van der Waals surface area contributed by atoms with Gasteiger partial charge in [0.1, 0.15) is 12.2 Å². The van der Waals surface area contributed by atoms with Crippen molar-refractivity contribution in [2.24, 2.45) is 0 Å². The predicted molar refractivity (Wildman–Crippen MR) is 59.6 cm³/mol. The molecule has 0 unspecified atom stereocenters. The molecule has 1 aromatic rings. The fourth-order valence-electron chi connectivity index (χ4n) is 1.65. The van der Waals surface area contributed by atoms with E-state index >= 15 is 0 Å². The van der Waals surface area contributed by atoms with Crippen molar-refractivity contribution in [3.05, 3.63) is 12.2 Å². The molecule has 6 nitrogen and oxygen atoms in total. The van der Waals surface area contributed by atoms with E-state index in [1.807, 2.05) is 4.57 Å². The van der Waals surface area contributed by atoms with E-state index in [9.17, 15) is 8.42 Å². The maximum atomic E-state index is 11.9. The molecule has 0 atom stereocenters.